The molecule has 0 bridgehead atoms. The van der Waals surface area contributed by atoms with Crippen LogP contribution in [0.15, 0.2) is 24.3 Å². The summed E-state index contributed by atoms with van der Waals surface area (Å²) >= 11 is 0. The fourth-order valence-electron chi connectivity index (χ4n) is 1.87. The highest BCUT2D eigenvalue weighted by Gasteiger charge is 2.39. The Balaban J connectivity index is 2.27. The summed E-state index contributed by atoms with van der Waals surface area (Å²) in [4.78, 5) is 12.8. The third-order valence-corrected chi connectivity index (χ3v) is 2.96. The Morgan fingerprint density at radius 2 is 2.00 bits per heavy atom. The first-order chi connectivity index (χ1) is 7.63. The molecule has 2 rings (SSSR count). The number of benzene rings is 1. The topological polar surface area (TPSA) is 49.8 Å². The molecule has 86 valence electrons. The molecular formula is C12H15NO3. The quantitative estimate of drug-likeness (QED) is 0.823. The average molecular weight is 221 g/mol. The molecule has 1 aromatic carbocycles. The Bertz CT molecular complexity index is 388. The van der Waals surface area contributed by atoms with Crippen LogP contribution >= 0.6 is 0 Å². The Hall–Kier alpha value is -1.55. The lowest BCUT2D eigenvalue weighted by Crippen LogP contribution is -2.33. The molecule has 0 saturated carbocycles. The molecule has 1 saturated heterocycles. The van der Waals surface area contributed by atoms with Crippen LogP contribution in [0.25, 0.3) is 0 Å². The fourth-order valence-corrected chi connectivity index (χ4v) is 1.87. The van der Waals surface area contributed by atoms with Crippen LogP contribution in [0.4, 0.5) is 4.79 Å². The molecule has 2 unspecified atom stereocenters. The van der Waals surface area contributed by atoms with E-state index < -0.39 is 0 Å². The van der Waals surface area contributed by atoms with E-state index in [9.17, 15) is 9.90 Å². The van der Waals surface area contributed by atoms with Crippen LogP contribution in [0.5, 0.6) is 0 Å². The highest BCUT2D eigenvalue weighted by molar-refractivity contribution is 5.70. The number of aliphatic hydroxyl groups is 1. The number of likely N-dealkylation sites (N-methyl/N-ethyl adjacent to an activating group) is 1. The average Bonchev–Trinajstić information content (AvgIpc) is 2.56. The first kappa shape index (κ1) is 11.0. The van der Waals surface area contributed by atoms with Gasteiger partial charge in [0.25, 0.3) is 0 Å². The van der Waals surface area contributed by atoms with Crippen LogP contribution in [0.3, 0.4) is 0 Å². The van der Waals surface area contributed by atoms with E-state index in [0.717, 1.165) is 11.1 Å². The maximum atomic E-state index is 11.4. The molecule has 1 fully saturated rings. The molecular weight excluding hydrogens is 206 g/mol. The van der Waals surface area contributed by atoms with Gasteiger partial charge in [-0.2, -0.15) is 0 Å². The summed E-state index contributed by atoms with van der Waals surface area (Å²) in [6.45, 7) is 1.90. The zero-order valence-electron chi connectivity index (χ0n) is 9.38. The summed E-state index contributed by atoms with van der Waals surface area (Å²) in [5, 5.41) is 9.27. The number of amides is 1. The summed E-state index contributed by atoms with van der Waals surface area (Å²) in [6, 6.07) is 7.49. The first-order valence-corrected chi connectivity index (χ1v) is 5.24. The standard InChI is InChI=1S/C12H15NO3/c1-8-3-5-9(6-4-8)11-10(7-14)13(2)12(15)16-11/h3-6,10-11,14H,7H2,1-2H3. The number of hydrogen-bond donors (Lipinski definition) is 1. The highest BCUT2D eigenvalue weighted by atomic mass is 16.6. The van der Waals surface area contributed by atoms with Crippen molar-refractivity contribution in [1.82, 2.24) is 4.90 Å². The molecule has 1 aliphatic heterocycles. The fraction of sp³-hybridized carbons (Fsp3) is 0.417. The Labute approximate surface area is 94.4 Å². The molecule has 0 aliphatic carbocycles. The minimum Gasteiger partial charge on any atom is -0.439 e. The number of aliphatic hydroxyl groups excluding tert-OH is 1. The smallest absolute Gasteiger partial charge is 0.410 e. The van der Waals surface area contributed by atoms with Gasteiger partial charge in [0.15, 0.2) is 6.10 Å². The van der Waals surface area contributed by atoms with Gasteiger partial charge in [-0.05, 0) is 12.5 Å². The van der Waals surface area contributed by atoms with E-state index in [1.165, 1.54) is 4.90 Å². The van der Waals surface area contributed by atoms with E-state index in [-0.39, 0.29) is 24.8 Å². The zero-order chi connectivity index (χ0) is 11.7. The van der Waals surface area contributed by atoms with Crippen LogP contribution in [0.2, 0.25) is 0 Å². The van der Waals surface area contributed by atoms with E-state index in [1.54, 1.807) is 7.05 Å². The van der Waals surface area contributed by atoms with Gasteiger partial charge in [-0.1, -0.05) is 29.8 Å². The van der Waals surface area contributed by atoms with Crippen molar-refractivity contribution >= 4 is 6.09 Å². The van der Waals surface area contributed by atoms with Crippen molar-refractivity contribution in [3.05, 3.63) is 35.4 Å². The monoisotopic (exact) mass is 221 g/mol. The number of carbonyl (C=O) groups excluding carboxylic acids is 1. The van der Waals surface area contributed by atoms with Crippen molar-refractivity contribution in [3.63, 3.8) is 0 Å². The molecule has 1 N–H and O–H groups in total. The molecule has 1 aliphatic rings. The SMILES string of the molecule is Cc1ccc(C2OC(=O)N(C)C2CO)cc1. The lowest BCUT2D eigenvalue weighted by molar-refractivity contribution is 0.118. The van der Waals surface area contributed by atoms with Crippen LogP contribution in [-0.4, -0.2) is 35.8 Å². The first-order valence-electron chi connectivity index (χ1n) is 5.24. The Kier molecular flexibility index (Phi) is 2.83. The highest BCUT2D eigenvalue weighted by Crippen LogP contribution is 2.31. The van der Waals surface area contributed by atoms with E-state index in [4.69, 9.17) is 4.74 Å². The van der Waals surface area contributed by atoms with Gasteiger partial charge in [-0.3, -0.25) is 0 Å². The second-order valence-electron chi connectivity index (χ2n) is 4.08. The van der Waals surface area contributed by atoms with Crippen molar-refractivity contribution < 1.29 is 14.6 Å². The molecule has 0 radical (unpaired) electrons. The molecule has 1 amide bonds. The Morgan fingerprint density at radius 3 is 2.56 bits per heavy atom. The summed E-state index contributed by atoms with van der Waals surface area (Å²) in [5.74, 6) is 0. The van der Waals surface area contributed by atoms with Crippen molar-refractivity contribution in [2.45, 2.75) is 19.1 Å². The van der Waals surface area contributed by atoms with Gasteiger partial charge in [0.2, 0.25) is 0 Å². The molecule has 1 heterocycles. The van der Waals surface area contributed by atoms with E-state index in [0.29, 0.717) is 0 Å². The van der Waals surface area contributed by atoms with Crippen molar-refractivity contribution in [3.8, 4) is 0 Å². The third kappa shape index (κ3) is 1.76. The summed E-state index contributed by atoms with van der Waals surface area (Å²) in [5.41, 5.74) is 2.07. The second-order valence-corrected chi connectivity index (χ2v) is 4.08. The van der Waals surface area contributed by atoms with Crippen molar-refractivity contribution in [2.24, 2.45) is 0 Å². The minimum absolute atomic E-state index is 0.0964. The number of rotatable bonds is 2. The van der Waals surface area contributed by atoms with Gasteiger partial charge in [-0.25, -0.2) is 4.79 Å². The van der Waals surface area contributed by atoms with Crippen LogP contribution < -0.4 is 0 Å². The maximum absolute atomic E-state index is 11.4. The van der Waals surface area contributed by atoms with Gasteiger partial charge >= 0.3 is 6.09 Å². The number of carbonyl (C=O) groups is 1. The van der Waals surface area contributed by atoms with E-state index in [1.807, 2.05) is 31.2 Å². The maximum Gasteiger partial charge on any atom is 0.410 e. The van der Waals surface area contributed by atoms with Crippen LogP contribution in [0, 0.1) is 6.92 Å². The third-order valence-electron chi connectivity index (χ3n) is 2.96. The van der Waals surface area contributed by atoms with Gasteiger partial charge in [0.05, 0.1) is 12.6 Å². The van der Waals surface area contributed by atoms with Crippen molar-refractivity contribution in [1.29, 1.82) is 0 Å². The summed E-state index contributed by atoms with van der Waals surface area (Å²) < 4.78 is 5.23. The minimum atomic E-state index is -0.385. The van der Waals surface area contributed by atoms with Gasteiger partial charge in [-0.15, -0.1) is 0 Å². The zero-order valence-corrected chi connectivity index (χ0v) is 9.38. The molecule has 0 aromatic heterocycles. The lowest BCUT2D eigenvalue weighted by Gasteiger charge is -2.19. The summed E-state index contributed by atoms with van der Waals surface area (Å²) in [7, 11) is 1.64. The van der Waals surface area contributed by atoms with Crippen molar-refractivity contribution in [2.75, 3.05) is 13.7 Å². The number of ether oxygens (including phenoxy) is 1. The lowest BCUT2D eigenvalue weighted by atomic mass is 10.0. The predicted octanol–water partition coefficient (Wildman–Crippen LogP) is 1.48. The normalized spacial score (nSPS) is 24.7. The van der Waals surface area contributed by atoms with Gasteiger partial charge in [0.1, 0.15) is 0 Å². The van der Waals surface area contributed by atoms with E-state index >= 15 is 0 Å². The molecule has 0 spiro atoms. The summed E-state index contributed by atoms with van der Waals surface area (Å²) in [6.07, 6.45) is -0.757. The molecule has 4 heteroatoms. The van der Waals surface area contributed by atoms with Gasteiger partial charge < -0.3 is 14.7 Å². The molecule has 2 atom stereocenters. The van der Waals surface area contributed by atoms with Crippen LogP contribution in [0.1, 0.15) is 17.2 Å². The van der Waals surface area contributed by atoms with Gasteiger partial charge in [0, 0.05) is 7.05 Å². The number of cyclic esters (lactones) is 1. The second kappa shape index (κ2) is 4.14. The molecule has 16 heavy (non-hydrogen) atoms. The number of aryl methyl sites for hydroxylation is 1. The number of nitrogens with zero attached hydrogens (tertiary/aromatic N) is 1. The molecule has 1 aromatic rings. The van der Waals surface area contributed by atoms with E-state index in [2.05, 4.69) is 0 Å². The Morgan fingerprint density at radius 1 is 1.38 bits per heavy atom. The molecule has 4 nitrogen and oxygen atoms in total. The number of hydrogen-bond acceptors (Lipinski definition) is 3. The predicted molar refractivity (Wildman–Crippen MR) is 59.0 cm³/mol. The van der Waals surface area contributed by atoms with Crippen LogP contribution in [-0.2, 0) is 4.74 Å². The largest absolute Gasteiger partial charge is 0.439 e.